The largest absolute Gasteiger partial charge is 0.359 e. The van der Waals surface area contributed by atoms with Gasteiger partial charge in [-0.2, -0.15) is 0 Å². The topological polar surface area (TPSA) is 9.23 Å². The molecule has 0 aromatic heterocycles. The molecule has 1 nitrogen and oxygen atoms in total. The molecule has 68 valence electrons. The van der Waals surface area contributed by atoms with Crippen LogP contribution in [-0.2, 0) is 4.74 Å². The van der Waals surface area contributed by atoms with Gasteiger partial charge in [0, 0.05) is 0 Å². The van der Waals surface area contributed by atoms with Crippen LogP contribution in [0, 0.1) is 12.3 Å². The van der Waals surface area contributed by atoms with E-state index >= 15 is 0 Å². The summed E-state index contributed by atoms with van der Waals surface area (Å²) < 4.78 is 5.76. The van der Waals surface area contributed by atoms with E-state index in [1.165, 1.54) is 12.8 Å². The first kappa shape index (κ1) is 9.61. The molecule has 1 heterocycles. The van der Waals surface area contributed by atoms with Crippen LogP contribution in [0.5, 0.6) is 0 Å². The van der Waals surface area contributed by atoms with Gasteiger partial charge < -0.3 is 4.74 Å². The monoisotopic (exact) mass is 166 g/mol. The van der Waals surface area contributed by atoms with E-state index < -0.39 is 0 Å². The van der Waals surface area contributed by atoms with Gasteiger partial charge in [0.05, 0.1) is 6.10 Å². The third-order valence-electron chi connectivity index (χ3n) is 2.58. The van der Waals surface area contributed by atoms with Gasteiger partial charge in [0.2, 0.25) is 0 Å². The Labute approximate surface area is 75.5 Å². The van der Waals surface area contributed by atoms with Crippen molar-refractivity contribution in [1.29, 1.82) is 0 Å². The van der Waals surface area contributed by atoms with Crippen molar-refractivity contribution in [1.82, 2.24) is 0 Å². The predicted octanol–water partition coefficient (Wildman–Crippen LogP) is 2.75. The molecular formula is C11H18O. The van der Waals surface area contributed by atoms with E-state index in [0.29, 0.717) is 6.10 Å². The van der Waals surface area contributed by atoms with Crippen molar-refractivity contribution in [2.24, 2.45) is 0 Å². The molecule has 0 radical (unpaired) electrons. The minimum atomic E-state index is -0.213. The van der Waals surface area contributed by atoms with Gasteiger partial charge >= 0.3 is 0 Å². The average molecular weight is 166 g/mol. The van der Waals surface area contributed by atoms with E-state index in [-0.39, 0.29) is 5.60 Å². The average Bonchev–Trinajstić information content (AvgIpc) is 2.45. The van der Waals surface area contributed by atoms with Gasteiger partial charge in [-0.05, 0) is 32.6 Å². The van der Waals surface area contributed by atoms with Crippen LogP contribution >= 0.6 is 0 Å². The van der Waals surface area contributed by atoms with Crippen molar-refractivity contribution < 1.29 is 4.74 Å². The van der Waals surface area contributed by atoms with E-state index in [4.69, 9.17) is 11.2 Å². The summed E-state index contributed by atoms with van der Waals surface area (Å²) in [5.74, 6) is 2.82. The Balaban J connectivity index is 2.48. The Morgan fingerprint density at radius 2 is 2.42 bits per heavy atom. The van der Waals surface area contributed by atoms with Gasteiger partial charge in [0.1, 0.15) is 5.60 Å². The highest BCUT2D eigenvalue weighted by molar-refractivity contribution is 5.11. The Morgan fingerprint density at radius 3 is 2.83 bits per heavy atom. The quantitative estimate of drug-likeness (QED) is 0.586. The zero-order chi connectivity index (χ0) is 9.03. The third kappa shape index (κ3) is 2.01. The lowest BCUT2D eigenvalue weighted by molar-refractivity contribution is 0.00120. The second-order valence-corrected chi connectivity index (χ2v) is 3.71. The van der Waals surface area contributed by atoms with Crippen LogP contribution in [0.3, 0.4) is 0 Å². The highest BCUT2D eigenvalue weighted by Crippen LogP contribution is 2.33. The minimum Gasteiger partial charge on any atom is -0.359 e. The van der Waals surface area contributed by atoms with Crippen LogP contribution < -0.4 is 0 Å². The van der Waals surface area contributed by atoms with Crippen LogP contribution in [0.2, 0.25) is 0 Å². The van der Waals surface area contributed by atoms with Gasteiger partial charge in [0.25, 0.3) is 0 Å². The lowest BCUT2D eigenvalue weighted by Gasteiger charge is -2.22. The second kappa shape index (κ2) is 3.96. The number of ether oxygens (including phenoxy) is 1. The lowest BCUT2D eigenvalue weighted by Crippen LogP contribution is -2.26. The van der Waals surface area contributed by atoms with Gasteiger partial charge in [-0.15, -0.1) is 6.42 Å². The first-order chi connectivity index (χ1) is 5.72. The molecule has 0 saturated carbocycles. The van der Waals surface area contributed by atoms with E-state index in [1.807, 2.05) is 0 Å². The number of hydrogen-bond acceptors (Lipinski definition) is 1. The molecule has 1 aliphatic rings. The van der Waals surface area contributed by atoms with Crippen molar-refractivity contribution in [3.63, 3.8) is 0 Å². The molecule has 1 aliphatic heterocycles. The highest BCUT2D eigenvalue weighted by Gasteiger charge is 2.35. The summed E-state index contributed by atoms with van der Waals surface area (Å²) in [7, 11) is 0. The molecule has 0 aromatic rings. The van der Waals surface area contributed by atoms with E-state index in [9.17, 15) is 0 Å². The maximum atomic E-state index is 5.76. The molecule has 0 N–H and O–H groups in total. The van der Waals surface area contributed by atoms with Crippen molar-refractivity contribution >= 4 is 0 Å². The lowest BCUT2D eigenvalue weighted by atomic mass is 9.94. The fraction of sp³-hybridized carbons (Fsp3) is 0.818. The molecule has 2 unspecified atom stereocenters. The summed E-state index contributed by atoms with van der Waals surface area (Å²) in [5.41, 5.74) is -0.213. The van der Waals surface area contributed by atoms with E-state index in [0.717, 1.165) is 19.3 Å². The summed E-state index contributed by atoms with van der Waals surface area (Å²) in [4.78, 5) is 0. The number of rotatable bonds is 3. The molecule has 0 aromatic carbocycles. The Morgan fingerprint density at radius 1 is 1.67 bits per heavy atom. The van der Waals surface area contributed by atoms with Crippen LogP contribution in [0.1, 0.15) is 46.0 Å². The Bertz CT molecular complexity index is 180. The molecular weight excluding hydrogens is 148 g/mol. The fourth-order valence-corrected chi connectivity index (χ4v) is 1.76. The number of terminal acetylenes is 1. The molecule has 1 rings (SSSR count). The maximum absolute atomic E-state index is 5.76. The summed E-state index contributed by atoms with van der Waals surface area (Å²) in [5, 5.41) is 0. The van der Waals surface area contributed by atoms with Gasteiger partial charge in [-0.25, -0.2) is 0 Å². The van der Waals surface area contributed by atoms with Crippen molar-refractivity contribution in [2.45, 2.75) is 57.7 Å². The molecule has 2 atom stereocenters. The maximum Gasteiger partial charge on any atom is 0.128 e. The summed E-state index contributed by atoms with van der Waals surface area (Å²) in [6.45, 7) is 4.29. The molecule has 1 heteroatoms. The van der Waals surface area contributed by atoms with Gasteiger partial charge in [-0.1, -0.05) is 19.3 Å². The van der Waals surface area contributed by atoms with Crippen LogP contribution in [-0.4, -0.2) is 11.7 Å². The number of unbranched alkanes of at least 4 members (excludes halogenated alkanes) is 1. The minimum absolute atomic E-state index is 0.213. The molecule has 0 aliphatic carbocycles. The van der Waals surface area contributed by atoms with Gasteiger partial charge in [0.15, 0.2) is 0 Å². The van der Waals surface area contributed by atoms with Crippen LogP contribution in [0.25, 0.3) is 0 Å². The van der Waals surface area contributed by atoms with Crippen LogP contribution in [0.15, 0.2) is 0 Å². The fourth-order valence-electron chi connectivity index (χ4n) is 1.76. The second-order valence-electron chi connectivity index (χ2n) is 3.71. The molecule has 1 fully saturated rings. The Kier molecular flexibility index (Phi) is 3.17. The molecule has 0 bridgehead atoms. The normalized spacial score (nSPS) is 34.9. The standard InChI is InChI=1S/C11H18O/c1-4-6-8-11(5-2)9-7-10(3)12-11/h2,10H,4,6-9H2,1,3H3. The molecule has 12 heavy (non-hydrogen) atoms. The highest BCUT2D eigenvalue weighted by atomic mass is 16.5. The Hall–Kier alpha value is -0.480. The zero-order valence-corrected chi connectivity index (χ0v) is 8.10. The van der Waals surface area contributed by atoms with Crippen molar-refractivity contribution in [3.8, 4) is 12.3 Å². The van der Waals surface area contributed by atoms with Crippen molar-refractivity contribution in [2.75, 3.05) is 0 Å². The summed E-state index contributed by atoms with van der Waals surface area (Å²) >= 11 is 0. The first-order valence-electron chi connectivity index (χ1n) is 4.88. The van der Waals surface area contributed by atoms with Gasteiger partial charge in [-0.3, -0.25) is 0 Å². The number of hydrogen-bond donors (Lipinski definition) is 0. The molecule has 1 saturated heterocycles. The van der Waals surface area contributed by atoms with E-state index in [2.05, 4.69) is 19.8 Å². The third-order valence-corrected chi connectivity index (χ3v) is 2.58. The summed E-state index contributed by atoms with van der Waals surface area (Å²) in [6.07, 6.45) is 11.4. The summed E-state index contributed by atoms with van der Waals surface area (Å²) in [6, 6.07) is 0. The smallest absolute Gasteiger partial charge is 0.128 e. The van der Waals surface area contributed by atoms with E-state index in [1.54, 1.807) is 0 Å². The van der Waals surface area contributed by atoms with Crippen molar-refractivity contribution in [3.05, 3.63) is 0 Å². The zero-order valence-electron chi connectivity index (χ0n) is 8.10. The molecule has 0 spiro atoms. The SMILES string of the molecule is C#CC1(CCCC)CCC(C)O1. The first-order valence-corrected chi connectivity index (χ1v) is 4.88. The molecule has 0 amide bonds. The van der Waals surface area contributed by atoms with Crippen LogP contribution in [0.4, 0.5) is 0 Å². The predicted molar refractivity (Wildman–Crippen MR) is 50.9 cm³/mol.